The van der Waals surface area contributed by atoms with Crippen molar-refractivity contribution in [3.05, 3.63) is 27.8 Å². The van der Waals surface area contributed by atoms with Crippen molar-refractivity contribution in [1.29, 1.82) is 0 Å². The predicted octanol–water partition coefficient (Wildman–Crippen LogP) is 5.85. The number of rotatable bonds is 5. The molecule has 0 aliphatic heterocycles. The minimum Gasteiger partial charge on any atom is -0.542 e. The maximum atomic E-state index is 6.65. The molecule has 0 bridgehead atoms. The van der Waals surface area contributed by atoms with E-state index in [0.29, 0.717) is 16.6 Å². The first kappa shape index (κ1) is 16.0. The van der Waals surface area contributed by atoms with E-state index < -0.39 is 8.32 Å². The van der Waals surface area contributed by atoms with E-state index in [0.717, 1.165) is 5.75 Å². The molecule has 1 aromatic rings. The third-order valence-corrected chi connectivity index (χ3v) is 10.7. The first-order valence-electron chi connectivity index (χ1n) is 6.75. The van der Waals surface area contributed by atoms with E-state index in [1.807, 2.05) is 0 Å². The molecule has 102 valence electrons. The molecule has 3 heteroatoms. The Hall–Kier alpha value is -0.0331. The van der Waals surface area contributed by atoms with Gasteiger partial charge in [-0.2, -0.15) is 0 Å². The fourth-order valence-electron chi connectivity index (χ4n) is 3.07. The smallest absolute Gasteiger partial charge is 0.258 e. The van der Waals surface area contributed by atoms with Crippen molar-refractivity contribution in [2.75, 3.05) is 0 Å². The number of hydrogen-bond acceptors (Lipinski definition) is 1. The van der Waals surface area contributed by atoms with Gasteiger partial charge in [-0.3, -0.25) is 0 Å². The summed E-state index contributed by atoms with van der Waals surface area (Å²) in [5.41, 5.74) is 1.86. The molecule has 0 aromatic heterocycles. The van der Waals surface area contributed by atoms with E-state index in [-0.39, 0.29) is 0 Å². The molecule has 0 saturated heterocycles. The summed E-state index contributed by atoms with van der Waals surface area (Å²) in [6, 6.07) is 8.36. The molecule has 0 unspecified atom stereocenters. The minimum atomic E-state index is -1.80. The van der Waals surface area contributed by atoms with Crippen molar-refractivity contribution in [3.63, 3.8) is 0 Å². The quantitative estimate of drug-likeness (QED) is 0.463. The first-order valence-corrected chi connectivity index (χ1v) is 9.97. The zero-order chi connectivity index (χ0) is 13.9. The summed E-state index contributed by atoms with van der Waals surface area (Å²) in [5.74, 6) is 1.07. The highest BCUT2D eigenvalue weighted by Gasteiger charge is 2.47. The van der Waals surface area contributed by atoms with E-state index >= 15 is 0 Å². The Morgan fingerprint density at radius 2 is 1.33 bits per heavy atom. The second-order valence-electron chi connectivity index (χ2n) is 5.85. The van der Waals surface area contributed by atoms with Crippen LogP contribution in [0.1, 0.15) is 41.5 Å². The zero-order valence-electron chi connectivity index (χ0n) is 12.3. The monoisotopic (exact) mass is 376 g/mol. The fourth-order valence-corrected chi connectivity index (χ4v) is 9.04. The highest BCUT2D eigenvalue weighted by molar-refractivity contribution is 14.1. The minimum absolute atomic E-state index is 0.619. The van der Waals surface area contributed by atoms with Crippen LogP contribution in [0.15, 0.2) is 24.3 Å². The maximum absolute atomic E-state index is 6.65. The standard InChI is InChI=1S/C15H25IOSi/c1-11(2)18(12(3)4,13(5)6)17-15-10-8-7-9-14(15)16/h7-13H,1-6H3. The van der Waals surface area contributed by atoms with Crippen LogP contribution in [0, 0.1) is 3.57 Å². The number of benzene rings is 1. The van der Waals surface area contributed by atoms with Crippen LogP contribution in [-0.4, -0.2) is 8.32 Å². The molecule has 0 saturated carbocycles. The van der Waals surface area contributed by atoms with Gasteiger partial charge < -0.3 is 4.43 Å². The fraction of sp³-hybridized carbons (Fsp3) is 0.600. The van der Waals surface area contributed by atoms with Crippen molar-refractivity contribution in [1.82, 2.24) is 0 Å². The van der Waals surface area contributed by atoms with Crippen LogP contribution in [0.5, 0.6) is 5.75 Å². The highest BCUT2D eigenvalue weighted by Crippen LogP contribution is 2.43. The molecule has 0 aliphatic carbocycles. The second kappa shape index (κ2) is 6.42. The summed E-state index contributed by atoms with van der Waals surface area (Å²) in [6.45, 7) is 13.9. The lowest BCUT2D eigenvalue weighted by molar-refractivity contribution is 0.477. The van der Waals surface area contributed by atoms with Crippen LogP contribution in [0.2, 0.25) is 16.6 Å². The van der Waals surface area contributed by atoms with Gasteiger partial charge in [-0.15, -0.1) is 0 Å². The van der Waals surface area contributed by atoms with Crippen LogP contribution in [0.3, 0.4) is 0 Å². The summed E-state index contributed by atoms with van der Waals surface area (Å²) in [5, 5.41) is 0. The number of halogens is 1. The Morgan fingerprint density at radius 3 is 1.72 bits per heavy atom. The van der Waals surface area contributed by atoms with Gasteiger partial charge >= 0.3 is 0 Å². The molecule has 0 N–H and O–H groups in total. The molecule has 0 radical (unpaired) electrons. The van der Waals surface area contributed by atoms with Gasteiger partial charge in [0.2, 0.25) is 0 Å². The molecule has 0 spiro atoms. The molecule has 1 nitrogen and oxygen atoms in total. The van der Waals surface area contributed by atoms with E-state index in [4.69, 9.17) is 4.43 Å². The van der Waals surface area contributed by atoms with Crippen molar-refractivity contribution in [2.45, 2.75) is 58.2 Å². The van der Waals surface area contributed by atoms with Crippen LogP contribution in [0.25, 0.3) is 0 Å². The van der Waals surface area contributed by atoms with Crippen LogP contribution in [-0.2, 0) is 0 Å². The molecule has 18 heavy (non-hydrogen) atoms. The molecule has 0 heterocycles. The highest BCUT2D eigenvalue weighted by atomic mass is 127. The van der Waals surface area contributed by atoms with Crippen LogP contribution in [0.4, 0.5) is 0 Å². The molecule has 1 rings (SSSR count). The van der Waals surface area contributed by atoms with Crippen LogP contribution >= 0.6 is 22.6 Å². The van der Waals surface area contributed by atoms with Gasteiger partial charge in [0, 0.05) is 0 Å². The average Bonchev–Trinajstić information content (AvgIpc) is 2.26. The van der Waals surface area contributed by atoms with Gasteiger partial charge in [0.15, 0.2) is 0 Å². The SMILES string of the molecule is CC(C)[Si](Oc1ccccc1I)(C(C)C)C(C)C. The Morgan fingerprint density at radius 1 is 0.889 bits per heavy atom. The van der Waals surface area contributed by atoms with Gasteiger partial charge in [-0.25, -0.2) is 0 Å². The lowest BCUT2D eigenvalue weighted by atomic mass is 10.3. The third-order valence-electron chi connectivity index (χ3n) is 3.83. The summed E-state index contributed by atoms with van der Waals surface area (Å²) < 4.78 is 7.87. The lowest BCUT2D eigenvalue weighted by Crippen LogP contribution is -2.50. The third kappa shape index (κ3) is 3.10. The van der Waals surface area contributed by atoms with Crippen molar-refractivity contribution < 1.29 is 4.43 Å². The molecule has 0 fully saturated rings. The Balaban J connectivity index is 3.17. The van der Waals surface area contributed by atoms with E-state index in [1.165, 1.54) is 3.57 Å². The summed E-state index contributed by atoms with van der Waals surface area (Å²) in [7, 11) is -1.80. The largest absolute Gasteiger partial charge is 0.542 e. The number of para-hydroxylation sites is 1. The van der Waals surface area contributed by atoms with E-state index in [2.05, 4.69) is 88.4 Å². The molecule has 0 amide bonds. The predicted molar refractivity (Wildman–Crippen MR) is 90.8 cm³/mol. The summed E-state index contributed by atoms with van der Waals surface area (Å²) >= 11 is 2.37. The lowest BCUT2D eigenvalue weighted by Gasteiger charge is -2.42. The Kier molecular flexibility index (Phi) is 5.71. The summed E-state index contributed by atoms with van der Waals surface area (Å²) in [6.07, 6.45) is 0. The Labute approximate surface area is 127 Å². The maximum Gasteiger partial charge on any atom is 0.258 e. The van der Waals surface area contributed by atoms with Gasteiger partial charge in [0.25, 0.3) is 8.32 Å². The van der Waals surface area contributed by atoms with Gasteiger partial charge in [-0.05, 0) is 51.3 Å². The normalized spacial score (nSPS) is 12.6. The molecule has 0 atom stereocenters. The van der Waals surface area contributed by atoms with Crippen molar-refractivity contribution in [3.8, 4) is 5.75 Å². The van der Waals surface area contributed by atoms with Crippen molar-refractivity contribution in [2.24, 2.45) is 0 Å². The molecule has 0 aliphatic rings. The topological polar surface area (TPSA) is 9.23 Å². The van der Waals surface area contributed by atoms with Gasteiger partial charge in [0.05, 0.1) is 3.57 Å². The summed E-state index contributed by atoms with van der Waals surface area (Å²) in [4.78, 5) is 0. The zero-order valence-corrected chi connectivity index (χ0v) is 15.5. The number of hydrogen-bond donors (Lipinski definition) is 0. The van der Waals surface area contributed by atoms with Crippen LogP contribution < -0.4 is 4.43 Å². The molecular weight excluding hydrogens is 351 g/mol. The van der Waals surface area contributed by atoms with Gasteiger partial charge in [-0.1, -0.05) is 53.7 Å². The van der Waals surface area contributed by atoms with Crippen molar-refractivity contribution >= 4 is 30.9 Å². The molecular formula is C15H25IOSi. The van der Waals surface area contributed by atoms with Gasteiger partial charge in [0.1, 0.15) is 5.75 Å². The second-order valence-corrected chi connectivity index (χ2v) is 12.4. The first-order chi connectivity index (χ1) is 8.32. The Bertz CT molecular complexity index is 366. The van der Waals surface area contributed by atoms with E-state index in [9.17, 15) is 0 Å². The molecule has 1 aromatic carbocycles. The van der Waals surface area contributed by atoms with E-state index in [1.54, 1.807) is 0 Å². The average molecular weight is 376 g/mol.